The number of anilines is 1. The van der Waals surface area contributed by atoms with Crippen LogP contribution in [0.4, 0.5) is 14.9 Å². The first-order valence-corrected chi connectivity index (χ1v) is 7.48. The van der Waals surface area contributed by atoms with E-state index in [9.17, 15) is 9.18 Å². The number of carbonyl (C=O) groups is 1. The van der Waals surface area contributed by atoms with Crippen LogP contribution in [0.1, 0.15) is 25.6 Å². The molecular weight excluding hydrogens is 289 g/mol. The van der Waals surface area contributed by atoms with Crippen molar-refractivity contribution in [3.63, 3.8) is 0 Å². The predicted molar refractivity (Wildman–Crippen MR) is 84.3 cm³/mol. The molecule has 0 aliphatic rings. The number of ether oxygens (including phenoxy) is 1. The van der Waals surface area contributed by atoms with Gasteiger partial charge in [-0.2, -0.15) is 0 Å². The van der Waals surface area contributed by atoms with E-state index in [-0.39, 0.29) is 5.82 Å². The van der Waals surface area contributed by atoms with E-state index in [1.165, 1.54) is 23.5 Å². The van der Waals surface area contributed by atoms with Gasteiger partial charge in [-0.25, -0.2) is 9.18 Å². The fraction of sp³-hybridized carbons (Fsp3) is 0.312. The Bertz CT molecular complexity index is 641. The van der Waals surface area contributed by atoms with E-state index >= 15 is 0 Å². The van der Waals surface area contributed by atoms with Crippen LogP contribution in [0.2, 0.25) is 0 Å². The van der Waals surface area contributed by atoms with E-state index < -0.39 is 11.7 Å². The van der Waals surface area contributed by atoms with Crippen LogP contribution >= 0.6 is 11.3 Å². The van der Waals surface area contributed by atoms with Gasteiger partial charge < -0.3 is 4.74 Å². The summed E-state index contributed by atoms with van der Waals surface area (Å²) in [5.74, 6) is -0.284. The number of carbonyl (C=O) groups excluding carboxylic acids is 1. The number of thiophene rings is 1. The van der Waals surface area contributed by atoms with Crippen LogP contribution < -0.4 is 5.32 Å². The third kappa shape index (κ3) is 4.04. The predicted octanol–water partition coefficient (Wildman–Crippen LogP) is 5.21. The molecule has 1 aromatic carbocycles. The van der Waals surface area contributed by atoms with Gasteiger partial charge in [-0.3, -0.25) is 5.32 Å². The highest BCUT2D eigenvalue weighted by Gasteiger charge is 2.19. The summed E-state index contributed by atoms with van der Waals surface area (Å²) >= 11 is 1.53. The lowest BCUT2D eigenvalue weighted by Crippen LogP contribution is -2.27. The molecule has 2 rings (SSSR count). The van der Waals surface area contributed by atoms with Crippen molar-refractivity contribution < 1.29 is 13.9 Å². The van der Waals surface area contributed by atoms with Crippen LogP contribution in [0.5, 0.6) is 0 Å². The molecule has 0 saturated carbocycles. The van der Waals surface area contributed by atoms with Crippen LogP contribution in [0.3, 0.4) is 0 Å². The second-order valence-electron chi connectivity index (χ2n) is 5.71. The summed E-state index contributed by atoms with van der Waals surface area (Å²) in [7, 11) is 0. The molecule has 0 saturated heterocycles. The SMILES string of the molecule is Cc1scc(NC(=O)OC(C)(C)C)c1-c1ccc(F)cc1. The second-order valence-corrected chi connectivity index (χ2v) is 6.80. The average molecular weight is 307 g/mol. The topological polar surface area (TPSA) is 38.3 Å². The summed E-state index contributed by atoms with van der Waals surface area (Å²) in [6.45, 7) is 7.40. The molecule has 0 atom stereocenters. The fourth-order valence-corrected chi connectivity index (χ4v) is 2.75. The summed E-state index contributed by atoms with van der Waals surface area (Å²) in [4.78, 5) is 12.9. The number of halogens is 1. The Balaban J connectivity index is 2.26. The number of amides is 1. The molecule has 1 heterocycles. The van der Waals surface area contributed by atoms with Gasteiger partial charge in [-0.05, 0) is 45.4 Å². The molecular formula is C16H18FNO2S. The standard InChI is InChI=1S/C16H18FNO2S/c1-10-14(11-5-7-12(17)8-6-11)13(9-21-10)18-15(19)20-16(2,3)4/h5-9H,1-4H3,(H,18,19). The van der Waals surface area contributed by atoms with Gasteiger partial charge in [0.15, 0.2) is 0 Å². The molecule has 0 aliphatic carbocycles. The highest BCUT2D eigenvalue weighted by atomic mass is 32.1. The van der Waals surface area contributed by atoms with Gasteiger partial charge in [0.25, 0.3) is 0 Å². The van der Waals surface area contributed by atoms with Crippen molar-refractivity contribution in [2.75, 3.05) is 5.32 Å². The molecule has 0 unspecified atom stereocenters. The summed E-state index contributed by atoms with van der Waals surface area (Å²) < 4.78 is 18.3. The third-order valence-corrected chi connectivity index (χ3v) is 3.65. The Labute approximate surface area is 127 Å². The summed E-state index contributed by atoms with van der Waals surface area (Å²) in [5.41, 5.74) is 1.89. The highest BCUT2D eigenvalue weighted by molar-refractivity contribution is 7.11. The van der Waals surface area contributed by atoms with Crippen molar-refractivity contribution in [1.82, 2.24) is 0 Å². The van der Waals surface area contributed by atoms with Gasteiger partial charge in [0.1, 0.15) is 11.4 Å². The first kappa shape index (κ1) is 15.5. The van der Waals surface area contributed by atoms with Crippen LogP contribution in [0, 0.1) is 12.7 Å². The number of benzene rings is 1. The molecule has 5 heteroatoms. The molecule has 112 valence electrons. The Morgan fingerprint density at radius 3 is 2.43 bits per heavy atom. The molecule has 21 heavy (non-hydrogen) atoms. The minimum Gasteiger partial charge on any atom is -0.444 e. The summed E-state index contributed by atoms with van der Waals surface area (Å²) in [6.07, 6.45) is -0.497. The molecule has 3 nitrogen and oxygen atoms in total. The van der Waals surface area contributed by atoms with Gasteiger partial charge in [-0.1, -0.05) is 12.1 Å². The van der Waals surface area contributed by atoms with Crippen molar-refractivity contribution in [3.8, 4) is 11.1 Å². The van der Waals surface area contributed by atoms with Gasteiger partial charge >= 0.3 is 6.09 Å². The van der Waals surface area contributed by atoms with Crippen LogP contribution in [-0.2, 0) is 4.74 Å². The lowest BCUT2D eigenvalue weighted by Gasteiger charge is -2.19. The molecule has 0 radical (unpaired) electrons. The summed E-state index contributed by atoms with van der Waals surface area (Å²) in [6, 6.07) is 6.21. The molecule has 0 aliphatic heterocycles. The van der Waals surface area contributed by atoms with Gasteiger partial charge in [0.05, 0.1) is 5.69 Å². The van der Waals surface area contributed by atoms with Gasteiger partial charge in [0, 0.05) is 15.8 Å². The monoisotopic (exact) mass is 307 g/mol. The zero-order chi connectivity index (χ0) is 15.6. The first-order chi connectivity index (χ1) is 9.76. The molecule has 2 aromatic rings. The van der Waals surface area contributed by atoms with Crippen LogP contribution in [0.25, 0.3) is 11.1 Å². The number of nitrogens with one attached hydrogen (secondary N) is 1. The van der Waals surface area contributed by atoms with Crippen molar-refractivity contribution in [2.45, 2.75) is 33.3 Å². The first-order valence-electron chi connectivity index (χ1n) is 6.60. The van der Waals surface area contributed by atoms with E-state index in [1.807, 2.05) is 33.1 Å². The Morgan fingerprint density at radius 2 is 1.86 bits per heavy atom. The molecule has 1 aromatic heterocycles. The van der Waals surface area contributed by atoms with E-state index in [4.69, 9.17) is 4.74 Å². The fourth-order valence-electron chi connectivity index (χ4n) is 1.94. The van der Waals surface area contributed by atoms with E-state index in [2.05, 4.69) is 5.32 Å². The quantitative estimate of drug-likeness (QED) is 0.827. The van der Waals surface area contributed by atoms with Crippen molar-refractivity contribution in [2.24, 2.45) is 0 Å². The number of rotatable bonds is 2. The molecule has 1 amide bonds. The molecule has 0 fully saturated rings. The van der Waals surface area contributed by atoms with E-state index in [1.54, 1.807) is 12.1 Å². The van der Waals surface area contributed by atoms with Crippen LogP contribution in [-0.4, -0.2) is 11.7 Å². The second kappa shape index (κ2) is 5.85. The van der Waals surface area contributed by atoms with Crippen molar-refractivity contribution >= 4 is 23.1 Å². The third-order valence-electron chi connectivity index (χ3n) is 2.74. The maximum Gasteiger partial charge on any atom is 0.412 e. The number of aryl methyl sites for hydroxylation is 1. The lowest BCUT2D eigenvalue weighted by atomic mass is 10.1. The minimum absolute atomic E-state index is 0.284. The Morgan fingerprint density at radius 1 is 1.24 bits per heavy atom. The average Bonchev–Trinajstić information content (AvgIpc) is 2.69. The zero-order valence-corrected chi connectivity index (χ0v) is 13.3. The van der Waals surface area contributed by atoms with E-state index in [0.717, 1.165) is 16.0 Å². The lowest BCUT2D eigenvalue weighted by molar-refractivity contribution is 0.0636. The normalized spacial score (nSPS) is 11.3. The smallest absolute Gasteiger partial charge is 0.412 e. The Hall–Kier alpha value is -1.88. The van der Waals surface area contributed by atoms with E-state index in [0.29, 0.717) is 5.69 Å². The number of hydrogen-bond donors (Lipinski definition) is 1. The largest absolute Gasteiger partial charge is 0.444 e. The van der Waals surface area contributed by atoms with Crippen molar-refractivity contribution in [1.29, 1.82) is 0 Å². The van der Waals surface area contributed by atoms with Crippen LogP contribution in [0.15, 0.2) is 29.6 Å². The van der Waals surface area contributed by atoms with Crippen molar-refractivity contribution in [3.05, 3.63) is 40.3 Å². The molecule has 0 spiro atoms. The zero-order valence-electron chi connectivity index (χ0n) is 12.5. The summed E-state index contributed by atoms with van der Waals surface area (Å²) in [5, 5.41) is 4.62. The maximum absolute atomic E-state index is 13.0. The highest BCUT2D eigenvalue weighted by Crippen LogP contribution is 2.36. The molecule has 0 bridgehead atoms. The van der Waals surface area contributed by atoms with Gasteiger partial charge in [0.2, 0.25) is 0 Å². The number of hydrogen-bond acceptors (Lipinski definition) is 3. The van der Waals surface area contributed by atoms with Gasteiger partial charge in [-0.15, -0.1) is 11.3 Å². The minimum atomic E-state index is -0.550. The Kier molecular flexibility index (Phi) is 4.32. The maximum atomic E-state index is 13.0. The molecule has 1 N–H and O–H groups in total.